The summed E-state index contributed by atoms with van der Waals surface area (Å²) in [4.78, 5) is 24.2. The summed E-state index contributed by atoms with van der Waals surface area (Å²) in [5.41, 5.74) is 1.35. The molecule has 0 saturated heterocycles. The number of benzene rings is 2. The summed E-state index contributed by atoms with van der Waals surface area (Å²) >= 11 is 3.34. The Bertz CT molecular complexity index is 971. The molecule has 0 fully saturated rings. The number of aromatic nitrogens is 2. The van der Waals surface area contributed by atoms with Crippen molar-refractivity contribution in [2.75, 3.05) is 5.32 Å². The second kappa shape index (κ2) is 7.40. The minimum Gasteiger partial charge on any atom is -0.323 e. The Morgan fingerprint density at radius 2 is 1.80 bits per heavy atom. The van der Waals surface area contributed by atoms with Gasteiger partial charge in [0, 0.05) is 16.1 Å². The van der Waals surface area contributed by atoms with Crippen LogP contribution in [0.4, 0.5) is 10.1 Å². The Balaban J connectivity index is 1.81. The predicted molar refractivity (Wildman–Crippen MR) is 96.7 cm³/mol. The van der Waals surface area contributed by atoms with Gasteiger partial charge in [0.15, 0.2) is 0 Å². The number of rotatable bonds is 4. The zero-order valence-corrected chi connectivity index (χ0v) is 14.5. The van der Waals surface area contributed by atoms with Gasteiger partial charge in [0.2, 0.25) is 5.91 Å². The van der Waals surface area contributed by atoms with E-state index >= 15 is 0 Å². The monoisotopic (exact) mass is 401 g/mol. The lowest BCUT2D eigenvalue weighted by atomic mass is 10.1. The van der Waals surface area contributed by atoms with Crippen molar-refractivity contribution in [2.45, 2.75) is 6.54 Å². The number of anilines is 1. The SMILES string of the molecule is O=C(Cn1nc(-c2ccc(F)cc2)ccc1=O)Nc1ccccc1Br. The number of halogens is 2. The van der Waals surface area contributed by atoms with Crippen molar-refractivity contribution in [1.82, 2.24) is 9.78 Å². The smallest absolute Gasteiger partial charge is 0.267 e. The molecule has 3 rings (SSSR count). The molecule has 0 aliphatic carbocycles. The van der Waals surface area contributed by atoms with Gasteiger partial charge >= 0.3 is 0 Å². The van der Waals surface area contributed by atoms with Crippen LogP contribution in [0.1, 0.15) is 0 Å². The Morgan fingerprint density at radius 1 is 1.08 bits per heavy atom. The number of carbonyl (C=O) groups excluding carboxylic acids is 1. The third kappa shape index (κ3) is 4.19. The Morgan fingerprint density at radius 3 is 2.52 bits per heavy atom. The van der Waals surface area contributed by atoms with Crippen LogP contribution in [0.5, 0.6) is 0 Å². The summed E-state index contributed by atoms with van der Waals surface area (Å²) in [6, 6.07) is 15.8. The molecule has 1 N–H and O–H groups in total. The molecule has 2 aromatic carbocycles. The van der Waals surface area contributed by atoms with Gasteiger partial charge in [-0.25, -0.2) is 9.07 Å². The van der Waals surface area contributed by atoms with E-state index in [2.05, 4.69) is 26.3 Å². The summed E-state index contributed by atoms with van der Waals surface area (Å²) in [6.07, 6.45) is 0. The van der Waals surface area contributed by atoms with Gasteiger partial charge in [-0.2, -0.15) is 5.10 Å². The van der Waals surface area contributed by atoms with Gasteiger partial charge in [-0.1, -0.05) is 12.1 Å². The molecule has 0 saturated carbocycles. The molecule has 0 bridgehead atoms. The summed E-state index contributed by atoms with van der Waals surface area (Å²) in [6.45, 7) is -0.227. The number of hydrogen-bond donors (Lipinski definition) is 1. The molecule has 7 heteroatoms. The molecule has 0 spiro atoms. The molecule has 0 unspecified atom stereocenters. The molecular weight excluding hydrogens is 389 g/mol. The minimum absolute atomic E-state index is 0.227. The number of hydrogen-bond acceptors (Lipinski definition) is 3. The molecule has 1 heterocycles. The lowest BCUT2D eigenvalue weighted by Crippen LogP contribution is -2.29. The van der Waals surface area contributed by atoms with E-state index in [0.29, 0.717) is 16.9 Å². The third-order valence-corrected chi connectivity index (χ3v) is 4.14. The van der Waals surface area contributed by atoms with E-state index in [1.807, 2.05) is 6.07 Å². The fourth-order valence-corrected chi connectivity index (χ4v) is 2.61. The maximum atomic E-state index is 13.0. The first-order valence-electron chi connectivity index (χ1n) is 7.41. The molecule has 0 atom stereocenters. The zero-order valence-electron chi connectivity index (χ0n) is 12.9. The first kappa shape index (κ1) is 17.0. The quantitative estimate of drug-likeness (QED) is 0.727. The Hall–Kier alpha value is -2.80. The molecule has 3 aromatic rings. The molecule has 1 aromatic heterocycles. The topological polar surface area (TPSA) is 64.0 Å². The third-order valence-electron chi connectivity index (χ3n) is 3.45. The van der Waals surface area contributed by atoms with E-state index < -0.39 is 5.56 Å². The molecule has 0 radical (unpaired) electrons. The van der Waals surface area contributed by atoms with Crippen LogP contribution in [0.25, 0.3) is 11.3 Å². The summed E-state index contributed by atoms with van der Waals surface area (Å²) in [7, 11) is 0. The van der Waals surface area contributed by atoms with Gasteiger partial charge in [0.25, 0.3) is 5.56 Å². The normalized spacial score (nSPS) is 10.5. The lowest BCUT2D eigenvalue weighted by Gasteiger charge is -2.09. The Labute approximate surface area is 151 Å². The average molecular weight is 402 g/mol. The number of nitrogens with one attached hydrogen (secondary N) is 1. The van der Waals surface area contributed by atoms with Crippen LogP contribution in [-0.4, -0.2) is 15.7 Å². The van der Waals surface area contributed by atoms with Crippen molar-refractivity contribution in [3.63, 3.8) is 0 Å². The van der Waals surface area contributed by atoms with E-state index in [1.54, 1.807) is 30.3 Å². The average Bonchev–Trinajstić information content (AvgIpc) is 2.60. The fourth-order valence-electron chi connectivity index (χ4n) is 2.23. The maximum Gasteiger partial charge on any atom is 0.267 e. The van der Waals surface area contributed by atoms with Gasteiger partial charge in [0.1, 0.15) is 12.4 Å². The molecule has 0 aliphatic heterocycles. The lowest BCUT2D eigenvalue weighted by molar-refractivity contribution is -0.117. The highest BCUT2D eigenvalue weighted by Gasteiger charge is 2.10. The first-order valence-corrected chi connectivity index (χ1v) is 8.21. The maximum absolute atomic E-state index is 13.0. The van der Waals surface area contributed by atoms with Crippen LogP contribution in [0.2, 0.25) is 0 Å². The van der Waals surface area contributed by atoms with Crippen LogP contribution < -0.4 is 10.9 Å². The van der Waals surface area contributed by atoms with Crippen molar-refractivity contribution in [3.8, 4) is 11.3 Å². The van der Waals surface area contributed by atoms with E-state index in [9.17, 15) is 14.0 Å². The number of para-hydroxylation sites is 1. The van der Waals surface area contributed by atoms with Crippen molar-refractivity contribution >= 4 is 27.5 Å². The van der Waals surface area contributed by atoms with Crippen molar-refractivity contribution < 1.29 is 9.18 Å². The predicted octanol–water partition coefficient (Wildman–Crippen LogP) is 3.45. The molecule has 0 aliphatic rings. The number of amides is 1. The molecule has 1 amide bonds. The van der Waals surface area contributed by atoms with Gasteiger partial charge in [-0.15, -0.1) is 0 Å². The summed E-state index contributed by atoms with van der Waals surface area (Å²) < 4.78 is 14.8. The highest BCUT2D eigenvalue weighted by Crippen LogP contribution is 2.21. The van der Waals surface area contributed by atoms with E-state index in [-0.39, 0.29) is 18.3 Å². The van der Waals surface area contributed by atoms with E-state index in [1.165, 1.54) is 24.3 Å². The zero-order chi connectivity index (χ0) is 17.8. The highest BCUT2D eigenvalue weighted by molar-refractivity contribution is 9.10. The summed E-state index contributed by atoms with van der Waals surface area (Å²) in [5, 5.41) is 6.90. The van der Waals surface area contributed by atoms with Crippen LogP contribution in [-0.2, 0) is 11.3 Å². The first-order chi connectivity index (χ1) is 12.0. The molecule has 25 heavy (non-hydrogen) atoms. The number of carbonyl (C=O) groups is 1. The van der Waals surface area contributed by atoms with Gasteiger partial charge < -0.3 is 5.32 Å². The number of nitrogens with zero attached hydrogens (tertiary/aromatic N) is 2. The second-order valence-corrected chi connectivity index (χ2v) is 6.10. The van der Waals surface area contributed by atoms with Crippen LogP contribution in [0.15, 0.2) is 69.9 Å². The fraction of sp³-hybridized carbons (Fsp3) is 0.0556. The van der Waals surface area contributed by atoms with Crippen LogP contribution in [0.3, 0.4) is 0 Å². The van der Waals surface area contributed by atoms with Crippen molar-refractivity contribution in [3.05, 3.63) is 81.3 Å². The molecule has 126 valence electrons. The molecule has 5 nitrogen and oxygen atoms in total. The van der Waals surface area contributed by atoms with E-state index in [4.69, 9.17) is 0 Å². The largest absolute Gasteiger partial charge is 0.323 e. The van der Waals surface area contributed by atoms with Crippen molar-refractivity contribution in [1.29, 1.82) is 0 Å². The van der Waals surface area contributed by atoms with Gasteiger partial charge in [-0.3, -0.25) is 9.59 Å². The second-order valence-electron chi connectivity index (χ2n) is 5.25. The Kier molecular flexibility index (Phi) is 5.04. The highest BCUT2D eigenvalue weighted by atomic mass is 79.9. The van der Waals surface area contributed by atoms with Crippen LogP contribution >= 0.6 is 15.9 Å². The van der Waals surface area contributed by atoms with Gasteiger partial charge in [0.05, 0.1) is 11.4 Å². The van der Waals surface area contributed by atoms with Gasteiger partial charge in [-0.05, 0) is 58.4 Å². The molecular formula is C18H13BrFN3O2. The van der Waals surface area contributed by atoms with E-state index in [0.717, 1.165) is 9.15 Å². The minimum atomic E-state index is -0.395. The summed E-state index contributed by atoms with van der Waals surface area (Å²) in [5.74, 6) is -0.734. The standard InChI is InChI=1S/C18H13BrFN3O2/c19-14-3-1-2-4-16(14)21-17(24)11-23-18(25)10-9-15(22-23)12-5-7-13(20)8-6-12/h1-10H,11H2,(H,21,24). The van der Waals surface area contributed by atoms with Crippen molar-refractivity contribution in [2.24, 2.45) is 0 Å². The van der Waals surface area contributed by atoms with Crippen LogP contribution in [0, 0.1) is 5.82 Å².